The number of rotatable bonds is 4. The van der Waals surface area contributed by atoms with Crippen LogP contribution in [0.1, 0.15) is 11.4 Å². The molecule has 0 amide bonds. The van der Waals surface area contributed by atoms with Crippen LogP contribution >= 0.6 is 0 Å². The molecule has 0 spiro atoms. The van der Waals surface area contributed by atoms with Crippen molar-refractivity contribution in [3.8, 4) is 11.8 Å². The van der Waals surface area contributed by atoms with E-state index in [1.807, 2.05) is 0 Å². The summed E-state index contributed by atoms with van der Waals surface area (Å²) in [7, 11) is 3.49. The van der Waals surface area contributed by atoms with Crippen LogP contribution in [0.15, 0.2) is 12.1 Å². The van der Waals surface area contributed by atoms with Gasteiger partial charge in [0.05, 0.1) is 11.0 Å². The molecular formula is C13H14FN5O3. The third-order valence-corrected chi connectivity index (χ3v) is 2.76. The summed E-state index contributed by atoms with van der Waals surface area (Å²) in [5, 5.41) is 10.8. The molecule has 1 aromatic carbocycles. The first-order valence-corrected chi connectivity index (χ1v) is 6.30. The van der Waals surface area contributed by atoms with Gasteiger partial charge in [0.2, 0.25) is 5.95 Å². The predicted molar refractivity (Wildman–Crippen MR) is 76.8 cm³/mol. The van der Waals surface area contributed by atoms with Crippen molar-refractivity contribution in [2.24, 2.45) is 0 Å². The molecule has 0 N–H and O–H groups in total. The van der Waals surface area contributed by atoms with Crippen molar-refractivity contribution in [1.29, 1.82) is 0 Å². The molecule has 116 valence electrons. The number of nitro groups is 1. The summed E-state index contributed by atoms with van der Waals surface area (Å²) in [5.74, 6) is -0.269. The quantitative estimate of drug-likeness (QED) is 0.632. The van der Waals surface area contributed by atoms with E-state index in [1.54, 1.807) is 25.9 Å². The fourth-order valence-corrected chi connectivity index (χ4v) is 1.71. The largest absolute Gasteiger partial charge is 0.421 e. The van der Waals surface area contributed by atoms with Gasteiger partial charge in [0, 0.05) is 19.7 Å². The van der Waals surface area contributed by atoms with Gasteiger partial charge in [-0.05, 0) is 19.9 Å². The summed E-state index contributed by atoms with van der Waals surface area (Å²) in [5.41, 5.74) is -0.0364. The second-order valence-corrected chi connectivity index (χ2v) is 4.79. The highest BCUT2D eigenvalue weighted by molar-refractivity contribution is 5.46. The van der Waals surface area contributed by atoms with E-state index in [1.165, 1.54) is 13.0 Å². The van der Waals surface area contributed by atoms with E-state index < -0.39 is 10.7 Å². The Morgan fingerprint density at radius 1 is 1.23 bits per heavy atom. The van der Waals surface area contributed by atoms with Gasteiger partial charge in [0.25, 0.3) is 5.69 Å². The van der Waals surface area contributed by atoms with Gasteiger partial charge in [-0.2, -0.15) is 15.0 Å². The number of ether oxygens (including phenoxy) is 1. The Hall–Kier alpha value is -2.84. The molecule has 0 bridgehead atoms. The van der Waals surface area contributed by atoms with Crippen molar-refractivity contribution in [2.45, 2.75) is 13.8 Å². The number of benzene rings is 1. The molecule has 0 aliphatic carbocycles. The second-order valence-electron chi connectivity index (χ2n) is 4.79. The average molecular weight is 307 g/mol. The molecule has 0 saturated heterocycles. The highest BCUT2D eigenvalue weighted by atomic mass is 19.1. The minimum absolute atomic E-state index is 0.0802. The Morgan fingerprint density at radius 3 is 2.50 bits per heavy atom. The van der Waals surface area contributed by atoms with Crippen molar-refractivity contribution in [1.82, 2.24) is 15.0 Å². The fraction of sp³-hybridized carbons (Fsp3) is 0.308. The van der Waals surface area contributed by atoms with Crippen LogP contribution in [0.5, 0.6) is 11.8 Å². The maximum atomic E-state index is 13.9. The zero-order chi connectivity index (χ0) is 16.4. The van der Waals surface area contributed by atoms with E-state index in [0.717, 1.165) is 6.07 Å². The zero-order valence-corrected chi connectivity index (χ0v) is 12.5. The maximum absolute atomic E-state index is 13.9. The Labute approximate surface area is 125 Å². The van der Waals surface area contributed by atoms with Crippen molar-refractivity contribution >= 4 is 11.6 Å². The molecule has 0 unspecified atom stereocenters. The lowest BCUT2D eigenvalue weighted by Gasteiger charge is -2.12. The number of nitrogens with zero attached hydrogens (tertiary/aromatic N) is 5. The summed E-state index contributed by atoms with van der Waals surface area (Å²) in [4.78, 5) is 23.9. The SMILES string of the molecule is Cc1nc(Oc2cc(C)c([N+](=O)[O-])cc2F)nc(N(C)C)n1. The molecule has 1 aromatic heterocycles. The van der Waals surface area contributed by atoms with Crippen LogP contribution in [0, 0.1) is 29.8 Å². The van der Waals surface area contributed by atoms with Crippen LogP contribution in [0.25, 0.3) is 0 Å². The molecule has 8 nitrogen and oxygen atoms in total. The molecule has 22 heavy (non-hydrogen) atoms. The van der Waals surface area contributed by atoms with Crippen molar-refractivity contribution in [2.75, 3.05) is 19.0 Å². The second kappa shape index (κ2) is 5.88. The van der Waals surface area contributed by atoms with Crippen LogP contribution in [0.2, 0.25) is 0 Å². The van der Waals surface area contributed by atoms with Crippen molar-refractivity contribution in [3.05, 3.63) is 39.5 Å². The van der Waals surface area contributed by atoms with Gasteiger partial charge in [-0.3, -0.25) is 10.1 Å². The van der Waals surface area contributed by atoms with Crippen LogP contribution in [-0.2, 0) is 0 Å². The third-order valence-electron chi connectivity index (χ3n) is 2.76. The zero-order valence-electron chi connectivity index (χ0n) is 12.5. The summed E-state index contributed by atoms with van der Waals surface area (Å²) < 4.78 is 19.2. The van der Waals surface area contributed by atoms with Crippen molar-refractivity contribution in [3.63, 3.8) is 0 Å². The van der Waals surface area contributed by atoms with Crippen LogP contribution in [0.4, 0.5) is 16.0 Å². The van der Waals surface area contributed by atoms with Crippen LogP contribution < -0.4 is 9.64 Å². The third kappa shape index (κ3) is 3.25. The van der Waals surface area contributed by atoms with Gasteiger partial charge in [0.1, 0.15) is 5.82 Å². The molecular weight excluding hydrogens is 293 g/mol. The van der Waals surface area contributed by atoms with Gasteiger partial charge in [0.15, 0.2) is 11.6 Å². The van der Waals surface area contributed by atoms with E-state index in [0.29, 0.717) is 11.8 Å². The molecule has 2 rings (SSSR count). The smallest absolute Gasteiger partial charge is 0.327 e. The summed E-state index contributed by atoms with van der Waals surface area (Å²) in [6.45, 7) is 3.15. The molecule has 0 fully saturated rings. The number of hydrogen-bond donors (Lipinski definition) is 0. The highest BCUT2D eigenvalue weighted by Gasteiger charge is 2.18. The number of halogens is 1. The lowest BCUT2D eigenvalue weighted by molar-refractivity contribution is -0.385. The number of aromatic nitrogens is 3. The summed E-state index contributed by atoms with van der Waals surface area (Å²) in [6, 6.07) is 1.97. The van der Waals surface area contributed by atoms with E-state index in [2.05, 4.69) is 15.0 Å². The molecule has 0 saturated carbocycles. The van der Waals surface area contributed by atoms with Gasteiger partial charge >= 0.3 is 6.01 Å². The fourth-order valence-electron chi connectivity index (χ4n) is 1.71. The van der Waals surface area contributed by atoms with Gasteiger partial charge in [-0.15, -0.1) is 0 Å². The van der Waals surface area contributed by atoms with Gasteiger partial charge < -0.3 is 9.64 Å². The Morgan fingerprint density at radius 2 is 1.91 bits per heavy atom. The molecule has 1 heterocycles. The molecule has 0 aliphatic rings. The Bertz CT molecular complexity index is 736. The molecule has 2 aromatic rings. The minimum Gasteiger partial charge on any atom is -0.421 e. The highest BCUT2D eigenvalue weighted by Crippen LogP contribution is 2.29. The lowest BCUT2D eigenvalue weighted by Crippen LogP contribution is -2.14. The van der Waals surface area contributed by atoms with E-state index >= 15 is 0 Å². The number of nitro benzene ring substituents is 1. The molecule has 0 aliphatic heterocycles. The summed E-state index contributed by atoms with van der Waals surface area (Å²) in [6.07, 6.45) is 0. The van der Waals surface area contributed by atoms with Gasteiger partial charge in [-0.1, -0.05) is 0 Å². The normalized spacial score (nSPS) is 10.4. The summed E-state index contributed by atoms with van der Waals surface area (Å²) >= 11 is 0. The van der Waals surface area contributed by atoms with E-state index in [4.69, 9.17) is 4.74 Å². The Kier molecular flexibility index (Phi) is 4.15. The monoisotopic (exact) mass is 307 g/mol. The number of anilines is 1. The van der Waals surface area contributed by atoms with Gasteiger partial charge in [-0.25, -0.2) is 4.39 Å². The first kappa shape index (κ1) is 15.5. The van der Waals surface area contributed by atoms with Crippen molar-refractivity contribution < 1.29 is 14.1 Å². The standard InChI is InChI=1S/C13H14FN5O3/c1-7-5-11(9(14)6-10(7)19(20)21)22-13-16-8(2)15-12(17-13)18(3)4/h5-6H,1-4H3. The number of aryl methyl sites for hydroxylation is 2. The molecule has 9 heteroatoms. The van der Waals surface area contributed by atoms with Crippen LogP contribution in [0.3, 0.4) is 0 Å². The van der Waals surface area contributed by atoms with Crippen LogP contribution in [-0.4, -0.2) is 34.0 Å². The average Bonchev–Trinajstić information content (AvgIpc) is 2.41. The Balaban J connectivity index is 2.39. The first-order valence-electron chi connectivity index (χ1n) is 6.30. The topological polar surface area (TPSA) is 94.3 Å². The predicted octanol–water partition coefficient (Wildman–Crippen LogP) is 2.39. The maximum Gasteiger partial charge on any atom is 0.327 e. The molecule has 0 atom stereocenters. The minimum atomic E-state index is -0.859. The lowest BCUT2D eigenvalue weighted by atomic mass is 10.2. The van der Waals surface area contributed by atoms with E-state index in [-0.39, 0.29) is 23.0 Å². The molecule has 0 radical (unpaired) electrons. The first-order chi connectivity index (χ1) is 10.3. The van der Waals surface area contributed by atoms with E-state index in [9.17, 15) is 14.5 Å². The number of hydrogen-bond acceptors (Lipinski definition) is 7.